The number of primary amides is 1. The smallest absolute Gasteiger partial charge is 0.241 e. The summed E-state index contributed by atoms with van der Waals surface area (Å²) >= 11 is 0. The first-order valence-electron chi connectivity index (χ1n) is 5.33. The third kappa shape index (κ3) is 2.45. The first-order valence-corrected chi connectivity index (χ1v) is 5.33. The highest BCUT2D eigenvalue weighted by atomic mass is 19.1. The van der Waals surface area contributed by atoms with Gasteiger partial charge in [-0.15, -0.1) is 0 Å². The number of amides is 1. The molecule has 0 fully saturated rings. The summed E-state index contributed by atoms with van der Waals surface area (Å²) < 4.78 is 14.5. The van der Waals surface area contributed by atoms with Crippen molar-refractivity contribution in [3.8, 4) is 11.3 Å². The van der Waals surface area contributed by atoms with Crippen molar-refractivity contribution in [3.05, 3.63) is 47.9 Å². The van der Waals surface area contributed by atoms with Gasteiger partial charge in [-0.05, 0) is 30.3 Å². The van der Waals surface area contributed by atoms with Gasteiger partial charge >= 0.3 is 0 Å². The molecule has 5 heteroatoms. The average molecular weight is 245 g/mol. The van der Waals surface area contributed by atoms with Crippen LogP contribution in [-0.4, -0.2) is 15.7 Å². The van der Waals surface area contributed by atoms with Crippen molar-refractivity contribution in [1.29, 1.82) is 0 Å². The number of carbonyl (C=O) groups is 1. The van der Waals surface area contributed by atoms with E-state index in [9.17, 15) is 9.18 Å². The molecule has 0 spiro atoms. The standard InChI is InChI=1S/C13H12FN3O/c1-17-13(9-2-5-11(14)6-3-9)10(8-16-17)4-7-12(15)18/h2-8H,1H3,(H2,15,18). The van der Waals surface area contributed by atoms with Gasteiger partial charge in [0.05, 0.1) is 11.9 Å². The molecule has 0 atom stereocenters. The molecule has 18 heavy (non-hydrogen) atoms. The van der Waals surface area contributed by atoms with E-state index in [0.717, 1.165) is 16.8 Å². The minimum Gasteiger partial charge on any atom is -0.366 e. The second kappa shape index (κ2) is 4.83. The second-order valence-electron chi connectivity index (χ2n) is 3.81. The number of nitrogens with two attached hydrogens (primary N) is 1. The van der Waals surface area contributed by atoms with Gasteiger partial charge in [0.25, 0.3) is 0 Å². The number of hydrogen-bond donors (Lipinski definition) is 1. The number of aryl methyl sites for hydroxylation is 1. The third-order valence-corrected chi connectivity index (χ3v) is 2.51. The van der Waals surface area contributed by atoms with Crippen LogP contribution in [0.2, 0.25) is 0 Å². The Bertz CT molecular complexity index is 599. The van der Waals surface area contributed by atoms with E-state index in [4.69, 9.17) is 5.73 Å². The van der Waals surface area contributed by atoms with Gasteiger partial charge in [-0.25, -0.2) is 4.39 Å². The maximum Gasteiger partial charge on any atom is 0.241 e. The van der Waals surface area contributed by atoms with E-state index in [1.807, 2.05) is 0 Å². The normalized spacial score (nSPS) is 11.0. The quantitative estimate of drug-likeness (QED) is 0.837. The summed E-state index contributed by atoms with van der Waals surface area (Å²) in [4.78, 5) is 10.7. The summed E-state index contributed by atoms with van der Waals surface area (Å²) in [5.41, 5.74) is 7.42. The van der Waals surface area contributed by atoms with Crippen molar-refractivity contribution >= 4 is 12.0 Å². The van der Waals surface area contributed by atoms with Crippen molar-refractivity contribution in [2.45, 2.75) is 0 Å². The summed E-state index contributed by atoms with van der Waals surface area (Å²) in [7, 11) is 1.78. The molecule has 0 saturated carbocycles. The number of rotatable bonds is 3. The monoisotopic (exact) mass is 245 g/mol. The molecule has 2 rings (SSSR count). The Kier molecular flexibility index (Phi) is 3.23. The lowest BCUT2D eigenvalue weighted by Crippen LogP contribution is -2.05. The molecule has 1 amide bonds. The van der Waals surface area contributed by atoms with Crippen molar-refractivity contribution in [2.75, 3.05) is 0 Å². The van der Waals surface area contributed by atoms with Crippen LogP contribution in [0.4, 0.5) is 4.39 Å². The number of carbonyl (C=O) groups excluding carboxylic acids is 1. The van der Waals surface area contributed by atoms with E-state index in [1.54, 1.807) is 36.1 Å². The van der Waals surface area contributed by atoms with Crippen LogP contribution < -0.4 is 5.73 Å². The van der Waals surface area contributed by atoms with Crippen molar-refractivity contribution in [1.82, 2.24) is 9.78 Å². The maximum atomic E-state index is 12.9. The molecular weight excluding hydrogens is 233 g/mol. The maximum absolute atomic E-state index is 12.9. The van der Waals surface area contributed by atoms with E-state index in [0.29, 0.717) is 0 Å². The third-order valence-electron chi connectivity index (χ3n) is 2.51. The van der Waals surface area contributed by atoms with Crippen LogP contribution in [0, 0.1) is 5.82 Å². The van der Waals surface area contributed by atoms with Crippen molar-refractivity contribution < 1.29 is 9.18 Å². The van der Waals surface area contributed by atoms with E-state index >= 15 is 0 Å². The zero-order valence-electron chi connectivity index (χ0n) is 9.80. The molecule has 1 aromatic heterocycles. The highest BCUT2D eigenvalue weighted by molar-refractivity contribution is 5.91. The van der Waals surface area contributed by atoms with E-state index < -0.39 is 5.91 Å². The summed E-state index contributed by atoms with van der Waals surface area (Å²) in [5.74, 6) is -0.820. The van der Waals surface area contributed by atoms with Gasteiger partial charge in [-0.2, -0.15) is 5.10 Å². The molecule has 0 radical (unpaired) electrons. The van der Waals surface area contributed by atoms with Crippen LogP contribution in [0.5, 0.6) is 0 Å². The van der Waals surface area contributed by atoms with Gasteiger partial charge < -0.3 is 5.73 Å². The summed E-state index contributed by atoms with van der Waals surface area (Å²) in [5, 5.41) is 4.11. The Morgan fingerprint density at radius 1 is 1.39 bits per heavy atom. The first kappa shape index (κ1) is 12.0. The second-order valence-corrected chi connectivity index (χ2v) is 3.81. The number of halogens is 1. The Morgan fingerprint density at radius 3 is 2.67 bits per heavy atom. The lowest BCUT2D eigenvalue weighted by Gasteiger charge is -2.04. The minimum absolute atomic E-state index is 0.296. The van der Waals surface area contributed by atoms with Gasteiger partial charge in [-0.3, -0.25) is 9.48 Å². The zero-order valence-corrected chi connectivity index (χ0v) is 9.80. The lowest BCUT2D eigenvalue weighted by atomic mass is 10.1. The highest BCUT2D eigenvalue weighted by Gasteiger charge is 2.08. The molecule has 2 N–H and O–H groups in total. The van der Waals surface area contributed by atoms with Crippen LogP contribution in [0.15, 0.2) is 36.5 Å². The van der Waals surface area contributed by atoms with Gasteiger partial charge in [0.15, 0.2) is 0 Å². The van der Waals surface area contributed by atoms with E-state index in [-0.39, 0.29) is 5.82 Å². The number of aromatic nitrogens is 2. The molecule has 0 aliphatic carbocycles. The molecule has 0 aliphatic rings. The first-order chi connectivity index (χ1) is 8.58. The molecule has 0 unspecified atom stereocenters. The fraction of sp³-hybridized carbons (Fsp3) is 0.0769. The van der Waals surface area contributed by atoms with Crippen molar-refractivity contribution in [3.63, 3.8) is 0 Å². The van der Waals surface area contributed by atoms with Gasteiger partial charge in [0.2, 0.25) is 5.91 Å². The topological polar surface area (TPSA) is 60.9 Å². The van der Waals surface area contributed by atoms with Crippen molar-refractivity contribution in [2.24, 2.45) is 12.8 Å². The largest absolute Gasteiger partial charge is 0.366 e. The van der Waals surface area contributed by atoms with Crippen LogP contribution >= 0.6 is 0 Å². The predicted octanol–water partition coefficient (Wildman–Crippen LogP) is 1.72. The number of hydrogen-bond acceptors (Lipinski definition) is 2. The lowest BCUT2D eigenvalue weighted by molar-refractivity contribution is -0.113. The van der Waals surface area contributed by atoms with E-state index in [1.165, 1.54) is 18.2 Å². The molecule has 92 valence electrons. The van der Waals surface area contributed by atoms with Gasteiger partial charge in [0, 0.05) is 24.3 Å². The van der Waals surface area contributed by atoms with Crippen LogP contribution in [0.3, 0.4) is 0 Å². The highest BCUT2D eigenvalue weighted by Crippen LogP contribution is 2.24. The Labute approximate surface area is 104 Å². The molecule has 4 nitrogen and oxygen atoms in total. The Hall–Kier alpha value is -2.43. The SMILES string of the molecule is Cn1ncc(C=CC(N)=O)c1-c1ccc(F)cc1. The molecule has 0 bridgehead atoms. The zero-order chi connectivity index (χ0) is 13.1. The molecule has 0 saturated heterocycles. The Balaban J connectivity index is 2.46. The summed E-state index contributed by atoms with van der Waals surface area (Å²) in [6, 6.07) is 6.08. The number of benzene rings is 1. The predicted molar refractivity (Wildman–Crippen MR) is 66.8 cm³/mol. The van der Waals surface area contributed by atoms with Gasteiger partial charge in [0.1, 0.15) is 5.82 Å². The van der Waals surface area contributed by atoms with Crippen LogP contribution in [-0.2, 0) is 11.8 Å². The van der Waals surface area contributed by atoms with Crippen LogP contribution in [0.25, 0.3) is 17.3 Å². The molecule has 2 aromatic rings. The van der Waals surface area contributed by atoms with Crippen LogP contribution in [0.1, 0.15) is 5.56 Å². The minimum atomic E-state index is -0.524. The summed E-state index contributed by atoms with van der Waals surface area (Å²) in [6.07, 6.45) is 4.48. The molecular formula is C13H12FN3O. The van der Waals surface area contributed by atoms with E-state index in [2.05, 4.69) is 5.10 Å². The summed E-state index contributed by atoms with van der Waals surface area (Å²) in [6.45, 7) is 0. The van der Waals surface area contributed by atoms with Gasteiger partial charge in [-0.1, -0.05) is 0 Å². The number of nitrogens with zero attached hydrogens (tertiary/aromatic N) is 2. The molecule has 1 aromatic carbocycles. The fourth-order valence-electron chi connectivity index (χ4n) is 1.71. The molecule has 0 aliphatic heterocycles. The average Bonchev–Trinajstić information content (AvgIpc) is 2.69. The molecule has 1 heterocycles. The fourth-order valence-corrected chi connectivity index (χ4v) is 1.71. The Morgan fingerprint density at radius 2 is 2.06 bits per heavy atom.